The molecule has 0 bridgehead atoms. The highest BCUT2D eigenvalue weighted by molar-refractivity contribution is 9.10. The second-order valence-electron chi connectivity index (χ2n) is 9.86. The molecule has 0 saturated heterocycles. The number of benzene rings is 2. The van der Waals surface area contributed by atoms with Crippen LogP contribution in [-0.4, -0.2) is 65.6 Å². The third kappa shape index (κ3) is 7.94. The number of ether oxygens (including phenoxy) is 2. The number of hydrogen-bond acceptors (Lipinski definition) is 4. The van der Waals surface area contributed by atoms with Crippen molar-refractivity contribution in [1.29, 1.82) is 0 Å². The van der Waals surface area contributed by atoms with Crippen molar-refractivity contribution in [3.05, 3.63) is 88.2 Å². The predicted octanol–water partition coefficient (Wildman–Crippen LogP) is 5.22. The Morgan fingerprint density at radius 1 is 1.00 bits per heavy atom. The second-order valence-corrected chi connectivity index (χ2v) is 10.8. The van der Waals surface area contributed by atoms with E-state index in [0.717, 1.165) is 21.5 Å². The maximum absolute atomic E-state index is 13.7. The number of carbonyl (C=O) groups excluding carboxylic acids is 2. The van der Waals surface area contributed by atoms with E-state index < -0.39 is 5.54 Å². The summed E-state index contributed by atoms with van der Waals surface area (Å²) in [5, 5.41) is 0. The SMILES string of the molecule is COCCN(CC(=O)N(Cc1cccn1Cc1cccc(OC)c1)C(C)(C)C)C(=O)c1ccc(Br)cc1. The average Bonchev–Trinajstić information content (AvgIpc) is 3.30. The molecule has 8 heteroatoms. The van der Waals surface area contributed by atoms with Crippen LogP contribution in [0.5, 0.6) is 5.75 Å². The summed E-state index contributed by atoms with van der Waals surface area (Å²) in [5.41, 5.74) is 2.20. The van der Waals surface area contributed by atoms with Crippen LogP contribution in [0.25, 0.3) is 0 Å². The van der Waals surface area contributed by atoms with Crippen molar-refractivity contribution in [3.8, 4) is 5.75 Å². The van der Waals surface area contributed by atoms with Crippen LogP contribution in [0.2, 0.25) is 0 Å². The predicted molar refractivity (Wildman–Crippen MR) is 149 cm³/mol. The molecule has 198 valence electrons. The Morgan fingerprint density at radius 3 is 2.38 bits per heavy atom. The molecule has 3 rings (SSSR count). The van der Waals surface area contributed by atoms with Gasteiger partial charge in [-0.15, -0.1) is 0 Å². The van der Waals surface area contributed by atoms with Crippen molar-refractivity contribution in [1.82, 2.24) is 14.4 Å². The lowest BCUT2D eigenvalue weighted by molar-refractivity contribution is -0.137. The number of methoxy groups -OCH3 is 2. The van der Waals surface area contributed by atoms with Gasteiger partial charge in [-0.05, 0) is 74.9 Å². The number of aromatic nitrogens is 1. The molecule has 7 nitrogen and oxygen atoms in total. The van der Waals surface area contributed by atoms with E-state index in [4.69, 9.17) is 9.47 Å². The van der Waals surface area contributed by atoms with Crippen molar-refractivity contribution in [2.45, 2.75) is 39.4 Å². The minimum atomic E-state index is -0.449. The molecule has 0 aliphatic rings. The quantitative estimate of drug-likeness (QED) is 0.317. The van der Waals surface area contributed by atoms with E-state index in [-0.39, 0.29) is 18.4 Å². The number of halogens is 1. The summed E-state index contributed by atoms with van der Waals surface area (Å²) in [5.74, 6) is 0.487. The van der Waals surface area contributed by atoms with Gasteiger partial charge in [0.15, 0.2) is 0 Å². The number of carbonyl (C=O) groups is 2. The first-order valence-corrected chi connectivity index (χ1v) is 13.0. The van der Waals surface area contributed by atoms with E-state index >= 15 is 0 Å². The summed E-state index contributed by atoms with van der Waals surface area (Å²) in [4.78, 5) is 30.3. The Hall–Kier alpha value is -3.10. The van der Waals surface area contributed by atoms with Crippen LogP contribution in [0.1, 0.15) is 42.4 Å². The standard InChI is InChI=1S/C29H36BrN3O4/c1-29(2,3)33(20-25-9-7-15-31(25)19-22-8-6-10-26(18-22)37-5)27(34)21-32(16-17-36-4)28(35)23-11-13-24(30)14-12-23/h6-15,18H,16-17,19-21H2,1-5H3. The Balaban J connectivity index is 1.80. The molecule has 0 spiro atoms. The highest BCUT2D eigenvalue weighted by atomic mass is 79.9. The zero-order chi connectivity index (χ0) is 27.0. The molecule has 0 saturated carbocycles. The largest absolute Gasteiger partial charge is 0.497 e. The first-order chi connectivity index (χ1) is 17.6. The van der Waals surface area contributed by atoms with Crippen molar-refractivity contribution in [2.75, 3.05) is 33.9 Å². The molecule has 0 fully saturated rings. The molecule has 0 aliphatic carbocycles. The highest BCUT2D eigenvalue weighted by Gasteiger charge is 2.30. The fourth-order valence-electron chi connectivity index (χ4n) is 4.05. The molecule has 3 aromatic rings. The Bertz CT molecular complexity index is 1180. The van der Waals surface area contributed by atoms with Gasteiger partial charge < -0.3 is 23.8 Å². The number of nitrogens with zero attached hydrogens (tertiary/aromatic N) is 3. The molecule has 1 aromatic heterocycles. The highest BCUT2D eigenvalue weighted by Crippen LogP contribution is 2.21. The van der Waals surface area contributed by atoms with Crippen molar-refractivity contribution >= 4 is 27.7 Å². The molecular formula is C29H36BrN3O4. The Morgan fingerprint density at radius 2 is 1.73 bits per heavy atom. The van der Waals surface area contributed by atoms with Crippen LogP contribution >= 0.6 is 15.9 Å². The van der Waals surface area contributed by atoms with Crippen LogP contribution in [0, 0.1) is 0 Å². The van der Waals surface area contributed by atoms with E-state index in [1.807, 2.05) is 74.3 Å². The Kier molecular flexibility index (Phi) is 9.94. The van der Waals surface area contributed by atoms with E-state index in [0.29, 0.717) is 31.8 Å². The lowest BCUT2D eigenvalue weighted by Crippen LogP contribution is -2.50. The van der Waals surface area contributed by atoms with E-state index in [1.165, 1.54) is 0 Å². The third-order valence-electron chi connectivity index (χ3n) is 6.11. The van der Waals surface area contributed by atoms with E-state index in [2.05, 4.69) is 26.6 Å². The van der Waals surface area contributed by atoms with Crippen molar-refractivity contribution in [3.63, 3.8) is 0 Å². The van der Waals surface area contributed by atoms with Crippen molar-refractivity contribution < 1.29 is 19.1 Å². The van der Waals surface area contributed by atoms with Crippen LogP contribution in [0.4, 0.5) is 0 Å². The van der Waals surface area contributed by atoms with Crippen LogP contribution in [-0.2, 0) is 22.6 Å². The molecule has 37 heavy (non-hydrogen) atoms. The van der Waals surface area contributed by atoms with Crippen molar-refractivity contribution in [2.24, 2.45) is 0 Å². The lowest BCUT2D eigenvalue weighted by Gasteiger charge is -2.37. The molecule has 0 aliphatic heterocycles. The van der Waals surface area contributed by atoms with Gasteiger partial charge in [-0.1, -0.05) is 28.1 Å². The molecule has 2 aromatic carbocycles. The summed E-state index contributed by atoms with van der Waals surface area (Å²) in [6.07, 6.45) is 2.02. The smallest absolute Gasteiger partial charge is 0.254 e. The fourth-order valence-corrected chi connectivity index (χ4v) is 4.32. The second kappa shape index (κ2) is 12.9. The van der Waals surface area contributed by atoms with Gasteiger partial charge in [0.05, 0.1) is 20.3 Å². The molecule has 2 amide bonds. The average molecular weight is 571 g/mol. The molecule has 0 atom stereocenters. The van der Waals surface area contributed by atoms with Crippen LogP contribution in [0.15, 0.2) is 71.3 Å². The number of amides is 2. The summed E-state index contributed by atoms with van der Waals surface area (Å²) >= 11 is 3.40. The normalized spacial score (nSPS) is 11.3. The van der Waals surface area contributed by atoms with Gasteiger partial charge in [-0.25, -0.2) is 0 Å². The summed E-state index contributed by atoms with van der Waals surface area (Å²) in [6.45, 7) is 7.74. The lowest BCUT2D eigenvalue weighted by atomic mass is 10.0. The van der Waals surface area contributed by atoms with E-state index in [1.54, 1.807) is 31.3 Å². The summed E-state index contributed by atoms with van der Waals surface area (Å²) in [6, 6.07) is 19.1. The maximum Gasteiger partial charge on any atom is 0.254 e. The molecule has 0 radical (unpaired) electrons. The summed E-state index contributed by atoms with van der Waals surface area (Å²) < 4.78 is 13.6. The third-order valence-corrected chi connectivity index (χ3v) is 6.64. The van der Waals surface area contributed by atoms with Gasteiger partial charge in [0.25, 0.3) is 5.91 Å². The topological polar surface area (TPSA) is 64.0 Å². The van der Waals surface area contributed by atoms with Gasteiger partial charge >= 0.3 is 0 Å². The molecule has 1 heterocycles. The van der Waals surface area contributed by atoms with Gasteiger partial charge in [-0.3, -0.25) is 9.59 Å². The van der Waals surface area contributed by atoms with Gasteiger partial charge in [-0.2, -0.15) is 0 Å². The number of rotatable bonds is 11. The van der Waals surface area contributed by atoms with E-state index in [9.17, 15) is 9.59 Å². The monoisotopic (exact) mass is 569 g/mol. The minimum Gasteiger partial charge on any atom is -0.497 e. The van der Waals surface area contributed by atoms with Gasteiger partial charge in [0.2, 0.25) is 5.91 Å². The zero-order valence-corrected chi connectivity index (χ0v) is 23.8. The van der Waals surface area contributed by atoms with Crippen LogP contribution < -0.4 is 4.74 Å². The van der Waals surface area contributed by atoms with Crippen LogP contribution in [0.3, 0.4) is 0 Å². The zero-order valence-electron chi connectivity index (χ0n) is 22.2. The van der Waals surface area contributed by atoms with Gasteiger partial charge in [0.1, 0.15) is 12.3 Å². The van der Waals surface area contributed by atoms with Gasteiger partial charge in [0, 0.05) is 47.7 Å². The molecular weight excluding hydrogens is 534 g/mol. The number of hydrogen-bond donors (Lipinski definition) is 0. The first-order valence-electron chi connectivity index (χ1n) is 12.2. The molecule has 0 N–H and O–H groups in total. The first kappa shape index (κ1) is 28.5. The minimum absolute atomic E-state index is 0.0356. The fraction of sp³-hybridized carbons (Fsp3) is 0.379. The molecule has 0 unspecified atom stereocenters. The summed E-state index contributed by atoms with van der Waals surface area (Å²) in [7, 11) is 3.24. The maximum atomic E-state index is 13.7. The Labute approximate surface area is 228 Å².